The zero-order chi connectivity index (χ0) is 24.9. The number of nitrogens with one attached hydrogen (secondary N) is 1. The van der Waals surface area contributed by atoms with E-state index in [1.165, 1.54) is 17.0 Å². The summed E-state index contributed by atoms with van der Waals surface area (Å²) in [7, 11) is -3.88. The molecule has 0 heterocycles. The predicted molar refractivity (Wildman–Crippen MR) is 136 cm³/mol. The molecule has 10 heteroatoms. The highest BCUT2D eigenvalue weighted by molar-refractivity contribution is 7.92. The van der Waals surface area contributed by atoms with Gasteiger partial charge in [0.2, 0.25) is 21.8 Å². The summed E-state index contributed by atoms with van der Waals surface area (Å²) in [5.74, 6) is -0.790. The minimum Gasteiger partial charge on any atom is -0.352 e. The van der Waals surface area contributed by atoms with Crippen LogP contribution in [-0.2, 0) is 26.2 Å². The van der Waals surface area contributed by atoms with Crippen LogP contribution in [0.25, 0.3) is 0 Å². The third kappa shape index (κ3) is 6.64. The third-order valence-corrected chi connectivity index (χ3v) is 7.88. The molecule has 0 aromatic heterocycles. The number of hydrogen-bond donors (Lipinski definition) is 1. The number of nitrogens with zero attached hydrogens (tertiary/aromatic N) is 2. The number of sulfonamides is 1. The van der Waals surface area contributed by atoms with Gasteiger partial charge in [-0.1, -0.05) is 72.4 Å². The van der Waals surface area contributed by atoms with Crippen LogP contribution in [-0.4, -0.2) is 50.0 Å². The summed E-state index contributed by atoms with van der Waals surface area (Å²) in [6.07, 6.45) is 4.96. The van der Waals surface area contributed by atoms with E-state index >= 15 is 0 Å². The van der Waals surface area contributed by atoms with Crippen LogP contribution in [0.15, 0.2) is 48.5 Å². The second-order valence-corrected chi connectivity index (χ2v) is 11.2. The Bertz CT molecular complexity index is 1120. The van der Waals surface area contributed by atoms with Crippen molar-refractivity contribution in [3.8, 4) is 0 Å². The lowest BCUT2D eigenvalue weighted by atomic mass is 10.1. The van der Waals surface area contributed by atoms with E-state index in [1.807, 2.05) is 30.3 Å². The van der Waals surface area contributed by atoms with E-state index in [4.69, 9.17) is 23.2 Å². The zero-order valence-corrected chi connectivity index (χ0v) is 21.5. The van der Waals surface area contributed by atoms with E-state index in [1.54, 1.807) is 13.0 Å². The summed E-state index contributed by atoms with van der Waals surface area (Å²) < 4.78 is 26.2. The van der Waals surface area contributed by atoms with Crippen molar-refractivity contribution in [3.63, 3.8) is 0 Å². The normalized spacial score (nSPS) is 15.1. The number of rotatable bonds is 9. The first-order valence-corrected chi connectivity index (χ1v) is 13.7. The van der Waals surface area contributed by atoms with Crippen molar-refractivity contribution in [2.75, 3.05) is 17.1 Å². The van der Waals surface area contributed by atoms with Crippen molar-refractivity contribution >= 4 is 50.7 Å². The van der Waals surface area contributed by atoms with Crippen LogP contribution in [0.2, 0.25) is 10.0 Å². The van der Waals surface area contributed by atoms with Crippen molar-refractivity contribution < 1.29 is 18.0 Å². The summed E-state index contributed by atoms with van der Waals surface area (Å²) in [5, 5.41) is 3.23. The van der Waals surface area contributed by atoms with Crippen LogP contribution >= 0.6 is 23.2 Å². The topological polar surface area (TPSA) is 86.8 Å². The fourth-order valence-electron chi connectivity index (χ4n) is 4.03. The van der Waals surface area contributed by atoms with Gasteiger partial charge in [0.15, 0.2) is 0 Å². The molecule has 1 N–H and O–H groups in total. The van der Waals surface area contributed by atoms with Gasteiger partial charge < -0.3 is 10.2 Å². The molecule has 0 aliphatic heterocycles. The molecule has 1 aliphatic rings. The Morgan fingerprint density at radius 2 is 1.71 bits per heavy atom. The Morgan fingerprint density at radius 3 is 2.32 bits per heavy atom. The standard InChI is InChI=1S/C24H29Cl2N3O4S/c1-17(24(31)27-19-11-6-7-12-19)28(15-18-9-4-3-5-10-18)22(30)16-29(34(2,32)33)21-14-8-13-20(25)23(21)26/h3-5,8-10,13-14,17,19H,6-7,11-12,15-16H2,1-2H3,(H,27,31)/t17-/m0/s1. The lowest BCUT2D eigenvalue weighted by Gasteiger charge is -2.32. The highest BCUT2D eigenvalue weighted by Crippen LogP contribution is 2.33. The number of hydrogen-bond acceptors (Lipinski definition) is 4. The fourth-order valence-corrected chi connectivity index (χ4v) is 5.34. The smallest absolute Gasteiger partial charge is 0.244 e. The maximum Gasteiger partial charge on any atom is 0.244 e. The van der Waals surface area contributed by atoms with Crippen LogP contribution in [0, 0.1) is 0 Å². The Morgan fingerprint density at radius 1 is 1.06 bits per heavy atom. The van der Waals surface area contributed by atoms with Gasteiger partial charge >= 0.3 is 0 Å². The number of carbonyl (C=O) groups excluding carboxylic acids is 2. The molecule has 1 atom stereocenters. The first-order valence-electron chi connectivity index (χ1n) is 11.1. The average molecular weight is 526 g/mol. The molecule has 0 spiro atoms. The molecular weight excluding hydrogens is 497 g/mol. The number of carbonyl (C=O) groups is 2. The highest BCUT2D eigenvalue weighted by atomic mass is 35.5. The van der Waals surface area contributed by atoms with Gasteiger partial charge in [-0.05, 0) is 37.5 Å². The summed E-state index contributed by atoms with van der Waals surface area (Å²) in [6, 6.07) is 13.1. The van der Waals surface area contributed by atoms with Crippen molar-refractivity contribution in [2.24, 2.45) is 0 Å². The van der Waals surface area contributed by atoms with Crippen molar-refractivity contribution in [1.82, 2.24) is 10.2 Å². The van der Waals surface area contributed by atoms with Crippen LogP contribution in [0.5, 0.6) is 0 Å². The number of halogens is 2. The van der Waals surface area contributed by atoms with E-state index < -0.39 is 28.5 Å². The van der Waals surface area contributed by atoms with Crippen molar-refractivity contribution in [3.05, 3.63) is 64.1 Å². The molecule has 0 saturated heterocycles. The lowest BCUT2D eigenvalue weighted by molar-refractivity contribution is -0.139. The van der Waals surface area contributed by atoms with Crippen LogP contribution in [0.1, 0.15) is 38.2 Å². The van der Waals surface area contributed by atoms with Gasteiger partial charge in [-0.2, -0.15) is 0 Å². The van der Waals surface area contributed by atoms with Crippen LogP contribution in [0.4, 0.5) is 5.69 Å². The second-order valence-electron chi connectivity index (χ2n) is 8.52. The minimum atomic E-state index is -3.88. The number of anilines is 1. The van der Waals surface area contributed by atoms with Crippen LogP contribution < -0.4 is 9.62 Å². The SMILES string of the molecule is C[C@@H](C(=O)NC1CCCC1)N(Cc1ccccc1)C(=O)CN(c1cccc(Cl)c1Cl)S(C)(=O)=O. The molecule has 1 fully saturated rings. The van der Waals surface area contributed by atoms with Gasteiger partial charge in [0.05, 0.1) is 22.0 Å². The minimum absolute atomic E-state index is 0.0315. The first-order chi connectivity index (χ1) is 16.1. The molecule has 184 valence electrons. The molecule has 2 amide bonds. The van der Waals surface area contributed by atoms with Gasteiger partial charge in [0, 0.05) is 12.6 Å². The van der Waals surface area contributed by atoms with Gasteiger partial charge in [0.1, 0.15) is 12.6 Å². The van der Waals surface area contributed by atoms with E-state index in [2.05, 4.69) is 5.32 Å². The van der Waals surface area contributed by atoms with Crippen molar-refractivity contribution in [1.29, 1.82) is 0 Å². The Labute approximate surface area is 211 Å². The Hall–Kier alpha value is -2.29. The van der Waals surface area contributed by atoms with E-state index in [-0.39, 0.29) is 34.2 Å². The third-order valence-electron chi connectivity index (χ3n) is 5.94. The van der Waals surface area contributed by atoms with E-state index in [0.29, 0.717) is 0 Å². The van der Waals surface area contributed by atoms with E-state index in [9.17, 15) is 18.0 Å². The van der Waals surface area contributed by atoms with Crippen molar-refractivity contribution in [2.45, 2.75) is 51.2 Å². The largest absolute Gasteiger partial charge is 0.352 e. The first kappa shape index (κ1) is 26.3. The quantitative estimate of drug-likeness (QED) is 0.530. The molecule has 2 aromatic rings. The second kappa shape index (κ2) is 11.4. The fraction of sp³-hybridized carbons (Fsp3) is 0.417. The van der Waals surface area contributed by atoms with Gasteiger partial charge in [0.25, 0.3) is 0 Å². The zero-order valence-electron chi connectivity index (χ0n) is 19.2. The van der Waals surface area contributed by atoms with Crippen LogP contribution in [0.3, 0.4) is 0 Å². The van der Waals surface area contributed by atoms with E-state index in [0.717, 1.165) is 41.8 Å². The Kier molecular flexibility index (Phi) is 8.84. The average Bonchev–Trinajstić information content (AvgIpc) is 3.30. The van der Waals surface area contributed by atoms with Gasteiger partial charge in [-0.15, -0.1) is 0 Å². The number of amides is 2. The summed E-state index contributed by atoms with van der Waals surface area (Å²) in [6.45, 7) is 1.29. The predicted octanol–water partition coefficient (Wildman–Crippen LogP) is 4.24. The summed E-state index contributed by atoms with van der Waals surface area (Å²) >= 11 is 12.4. The highest BCUT2D eigenvalue weighted by Gasteiger charge is 2.32. The monoisotopic (exact) mass is 525 g/mol. The maximum atomic E-state index is 13.5. The molecule has 0 unspecified atom stereocenters. The summed E-state index contributed by atoms with van der Waals surface area (Å²) in [4.78, 5) is 27.9. The molecule has 0 radical (unpaired) electrons. The molecule has 1 aliphatic carbocycles. The lowest BCUT2D eigenvalue weighted by Crippen LogP contribution is -2.52. The maximum absolute atomic E-state index is 13.5. The molecule has 2 aromatic carbocycles. The van der Waals surface area contributed by atoms with Gasteiger partial charge in [-0.25, -0.2) is 8.42 Å². The molecule has 3 rings (SSSR count). The number of benzene rings is 2. The molecule has 1 saturated carbocycles. The Balaban J connectivity index is 1.89. The molecule has 7 nitrogen and oxygen atoms in total. The van der Waals surface area contributed by atoms with Gasteiger partial charge in [-0.3, -0.25) is 13.9 Å². The molecule has 34 heavy (non-hydrogen) atoms. The molecule has 0 bridgehead atoms. The molecular formula is C24H29Cl2N3O4S. The summed E-state index contributed by atoms with van der Waals surface area (Å²) in [5.41, 5.74) is 0.927.